The van der Waals surface area contributed by atoms with Crippen molar-refractivity contribution in [2.45, 2.75) is 6.54 Å². The number of phenolic OH excluding ortho intramolecular Hbond substituents is 1. The lowest BCUT2D eigenvalue weighted by atomic mass is 10.2. The SMILES string of the molecule is CN(C)c1ccc(NCc2c(O)cccc2Cl)cc1. The molecular formula is C15H17ClN2O. The molecule has 0 saturated heterocycles. The lowest BCUT2D eigenvalue weighted by Crippen LogP contribution is -2.08. The number of rotatable bonds is 4. The largest absolute Gasteiger partial charge is 0.508 e. The van der Waals surface area contributed by atoms with Gasteiger partial charge < -0.3 is 15.3 Å². The summed E-state index contributed by atoms with van der Waals surface area (Å²) in [6, 6.07) is 13.2. The second-order valence-corrected chi connectivity index (χ2v) is 4.94. The highest BCUT2D eigenvalue weighted by atomic mass is 35.5. The molecule has 0 aromatic heterocycles. The highest BCUT2D eigenvalue weighted by Crippen LogP contribution is 2.26. The third-order valence-electron chi connectivity index (χ3n) is 2.95. The van der Waals surface area contributed by atoms with Crippen molar-refractivity contribution in [2.24, 2.45) is 0 Å². The molecule has 0 atom stereocenters. The number of nitrogens with zero attached hydrogens (tertiary/aromatic N) is 1. The van der Waals surface area contributed by atoms with Crippen LogP contribution in [0.4, 0.5) is 11.4 Å². The van der Waals surface area contributed by atoms with Gasteiger partial charge in [0, 0.05) is 42.6 Å². The van der Waals surface area contributed by atoms with E-state index in [1.165, 1.54) is 0 Å². The van der Waals surface area contributed by atoms with Crippen molar-refractivity contribution in [2.75, 3.05) is 24.3 Å². The van der Waals surface area contributed by atoms with Crippen LogP contribution in [0.5, 0.6) is 5.75 Å². The first-order valence-electron chi connectivity index (χ1n) is 6.05. The van der Waals surface area contributed by atoms with Gasteiger partial charge in [-0.2, -0.15) is 0 Å². The monoisotopic (exact) mass is 276 g/mol. The van der Waals surface area contributed by atoms with E-state index >= 15 is 0 Å². The normalized spacial score (nSPS) is 10.3. The Morgan fingerprint density at radius 1 is 1.11 bits per heavy atom. The van der Waals surface area contributed by atoms with Crippen LogP contribution >= 0.6 is 11.6 Å². The van der Waals surface area contributed by atoms with E-state index < -0.39 is 0 Å². The van der Waals surface area contributed by atoms with Crippen molar-refractivity contribution in [3.05, 3.63) is 53.1 Å². The molecule has 0 radical (unpaired) electrons. The molecule has 0 aliphatic heterocycles. The van der Waals surface area contributed by atoms with Gasteiger partial charge in [0.1, 0.15) is 5.75 Å². The minimum Gasteiger partial charge on any atom is -0.508 e. The first kappa shape index (κ1) is 13.6. The fourth-order valence-corrected chi connectivity index (χ4v) is 2.03. The molecule has 4 heteroatoms. The van der Waals surface area contributed by atoms with E-state index in [2.05, 4.69) is 5.32 Å². The molecule has 19 heavy (non-hydrogen) atoms. The standard InChI is InChI=1S/C15H17ClN2O/c1-18(2)12-8-6-11(7-9-12)17-10-13-14(16)4-3-5-15(13)19/h3-9,17,19H,10H2,1-2H3. The summed E-state index contributed by atoms with van der Waals surface area (Å²) in [6.07, 6.45) is 0. The Kier molecular flexibility index (Phi) is 4.17. The molecule has 2 rings (SSSR count). The number of hydrogen-bond acceptors (Lipinski definition) is 3. The fraction of sp³-hybridized carbons (Fsp3) is 0.200. The van der Waals surface area contributed by atoms with E-state index in [0.29, 0.717) is 17.1 Å². The van der Waals surface area contributed by atoms with Gasteiger partial charge in [-0.3, -0.25) is 0 Å². The molecule has 0 unspecified atom stereocenters. The summed E-state index contributed by atoms with van der Waals surface area (Å²) in [5.41, 5.74) is 2.84. The predicted octanol–water partition coefficient (Wildman–Crippen LogP) is 3.72. The number of hydrogen-bond donors (Lipinski definition) is 2. The van der Waals surface area contributed by atoms with Gasteiger partial charge in [0.15, 0.2) is 0 Å². The molecule has 0 aliphatic rings. The maximum Gasteiger partial charge on any atom is 0.122 e. The number of halogens is 1. The van der Waals surface area contributed by atoms with Gasteiger partial charge in [0.05, 0.1) is 0 Å². The zero-order valence-electron chi connectivity index (χ0n) is 11.0. The molecule has 2 N–H and O–H groups in total. The molecule has 0 bridgehead atoms. The Balaban J connectivity index is 2.06. The van der Waals surface area contributed by atoms with Gasteiger partial charge in [0.2, 0.25) is 0 Å². The number of benzene rings is 2. The predicted molar refractivity (Wildman–Crippen MR) is 81.2 cm³/mol. The summed E-state index contributed by atoms with van der Waals surface area (Å²) in [7, 11) is 4.01. The molecule has 0 amide bonds. The number of nitrogens with one attached hydrogen (secondary N) is 1. The summed E-state index contributed by atoms with van der Waals surface area (Å²) in [5, 5.41) is 13.6. The smallest absolute Gasteiger partial charge is 0.122 e. The van der Waals surface area contributed by atoms with Crippen LogP contribution in [0.3, 0.4) is 0 Å². The van der Waals surface area contributed by atoms with E-state index in [9.17, 15) is 5.11 Å². The van der Waals surface area contributed by atoms with Crippen molar-refractivity contribution in [3.63, 3.8) is 0 Å². The molecule has 0 fully saturated rings. The lowest BCUT2D eigenvalue weighted by molar-refractivity contribution is 0.469. The quantitative estimate of drug-likeness (QED) is 0.893. The van der Waals surface area contributed by atoms with Crippen molar-refractivity contribution < 1.29 is 5.11 Å². The highest BCUT2D eigenvalue weighted by molar-refractivity contribution is 6.31. The molecule has 3 nitrogen and oxygen atoms in total. The highest BCUT2D eigenvalue weighted by Gasteiger charge is 2.05. The van der Waals surface area contributed by atoms with Crippen LogP contribution in [0.1, 0.15) is 5.56 Å². The minimum atomic E-state index is 0.213. The summed E-state index contributed by atoms with van der Waals surface area (Å²) in [6.45, 7) is 0.493. The number of aromatic hydroxyl groups is 1. The number of phenols is 1. The molecule has 2 aromatic carbocycles. The van der Waals surface area contributed by atoms with Gasteiger partial charge in [-0.25, -0.2) is 0 Å². The average Bonchev–Trinajstić information content (AvgIpc) is 2.38. The van der Waals surface area contributed by atoms with Crippen molar-refractivity contribution >= 4 is 23.0 Å². The van der Waals surface area contributed by atoms with Gasteiger partial charge in [-0.05, 0) is 36.4 Å². The van der Waals surface area contributed by atoms with E-state index in [1.54, 1.807) is 18.2 Å². The Morgan fingerprint density at radius 2 is 1.79 bits per heavy atom. The Morgan fingerprint density at radius 3 is 2.37 bits per heavy atom. The first-order valence-corrected chi connectivity index (χ1v) is 6.43. The molecular weight excluding hydrogens is 260 g/mol. The third-order valence-corrected chi connectivity index (χ3v) is 3.30. The fourth-order valence-electron chi connectivity index (χ4n) is 1.79. The first-order chi connectivity index (χ1) is 9.08. The molecule has 0 aliphatic carbocycles. The Bertz CT molecular complexity index is 532. The van der Waals surface area contributed by atoms with Crippen molar-refractivity contribution in [1.29, 1.82) is 0 Å². The van der Waals surface area contributed by atoms with Crippen LogP contribution in [-0.2, 0) is 6.54 Å². The molecule has 0 spiro atoms. The van der Waals surface area contributed by atoms with Crippen LogP contribution in [0.15, 0.2) is 42.5 Å². The van der Waals surface area contributed by atoms with Crippen LogP contribution in [0.2, 0.25) is 5.02 Å². The zero-order valence-corrected chi connectivity index (χ0v) is 11.8. The van der Waals surface area contributed by atoms with Crippen LogP contribution in [0.25, 0.3) is 0 Å². The molecule has 0 heterocycles. The zero-order chi connectivity index (χ0) is 13.8. The van der Waals surface area contributed by atoms with E-state index in [4.69, 9.17) is 11.6 Å². The second kappa shape index (κ2) is 5.85. The maximum atomic E-state index is 9.76. The van der Waals surface area contributed by atoms with E-state index in [0.717, 1.165) is 11.4 Å². The summed E-state index contributed by atoms with van der Waals surface area (Å²) in [5.74, 6) is 0.213. The summed E-state index contributed by atoms with van der Waals surface area (Å²) < 4.78 is 0. The van der Waals surface area contributed by atoms with Gasteiger partial charge in [0.25, 0.3) is 0 Å². The van der Waals surface area contributed by atoms with E-state index in [-0.39, 0.29) is 5.75 Å². The van der Waals surface area contributed by atoms with Gasteiger partial charge in [-0.1, -0.05) is 17.7 Å². The van der Waals surface area contributed by atoms with Crippen molar-refractivity contribution in [3.8, 4) is 5.75 Å². The van der Waals surface area contributed by atoms with Crippen LogP contribution in [-0.4, -0.2) is 19.2 Å². The van der Waals surface area contributed by atoms with E-state index in [1.807, 2.05) is 43.3 Å². The van der Waals surface area contributed by atoms with Crippen molar-refractivity contribution in [1.82, 2.24) is 0 Å². The molecule has 2 aromatic rings. The van der Waals surface area contributed by atoms with Crippen LogP contribution in [0, 0.1) is 0 Å². The molecule has 100 valence electrons. The average molecular weight is 277 g/mol. The van der Waals surface area contributed by atoms with Gasteiger partial charge in [-0.15, -0.1) is 0 Å². The van der Waals surface area contributed by atoms with Gasteiger partial charge >= 0.3 is 0 Å². The Hall–Kier alpha value is -1.87. The summed E-state index contributed by atoms with van der Waals surface area (Å²) in [4.78, 5) is 2.05. The summed E-state index contributed by atoms with van der Waals surface area (Å²) >= 11 is 6.06. The maximum absolute atomic E-state index is 9.76. The number of anilines is 2. The topological polar surface area (TPSA) is 35.5 Å². The van der Waals surface area contributed by atoms with Crippen LogP contribution < -0.4 is 10.2 Å². The third kappa shape index (κ3) is 3.32. The second-order valence-electron chi connectivity index (χ2n) is 4.53. The molecule has 0 saturated carbocycles. The lowest BCUT2D eigenvalue weighted by Gasteiger charge is -2.14. The minimum absolute atomic E-state index is 0.213. The Labute approximate surface area is 118 Å².